The first-order valence-electron chi connectivity index (χ1n) is 8.79. The van der Waals surface area contributed by atoms with Crippen molar-refractivity contribution in [3.8, 4) is 22.6 Å². The third-order valence-corrected chi connectivity index (χ3v) is 4.02. The number of carbonyl (C=O) groups excluding carboxylic acids is 1. The fourth-order valence-corrected chi connectivity index (χ4v) is 2.60. The van der Waals surface area contributed by atoms with Crippen LogP contribution in [0.2, 0.25) is 0 Å². The number of phenols is 1. The predicted molar refractivity (Wildman–Crippen MR) is 97.2 cm³/mol. The standard InChI is InChI=1S/C21H26O3/c1-2-3-4-5-6-7-8-21(23)24-20-15-11-18(12-16-20)17-9-13-19(22)14-10-17/h9-16,22H,2-8H2,1H3. The zero-order valence-electron chi connectivity index (χ0n) is 14.3. The molecule has 0 atom stereocenters. The summed E-state index contributed by atoms with van der Waals surface area (Å²) in [5, 5.41) is 9.32. The van der Waals surface area contributed by atoms with E-state index in [1.54, 1.807) is 24.3 Å². The van der Waals surface area contributed by atoms with E-state index in [4.69, 9.17) is 4.74 Å². The van der Waals surface area contributed by atoms with Crippen LogP contribution in [-0.4, -0.2) is 11.1 Å². The second-order valence-electron chi connectivity index (χ2n) is 6.06. The largest absolute Gasteiger partial charge is 0.508 e. The molecule has 0 bridgehead atoms. The molecule has 0 heterocycles. The first kappa shape index (κ1) is 18.1. The van der Waals surface area contributed by atoms with Gasteiger partial charge in [-0.1, -0.05) is 63.3 Å². The molecule has 2 rings (SSSR count). The van der Waals surface area contributed by atoms with Crippen LogP contribution in [-0.2, 0) is 4.79 Å². The molecular weight excluding hydrogens is 300 g/mol. The van der Waals surface area contributed by atoms with Crippen molar-refractivity contribution in [1.29, 1.82) is 0 Å². The number of rotatable bonds is 9. The molecule has 0 radical (unpaired) electrons. The maximum Gasteiger partial charge on any atom is 0.311 e. The van der Waals surface area contributed by atoms with E-state index in [1.807, 2.05) is 24.3 Å². The van der Waals surface area contributed by atoms with Crippen molar-refractivity contribution < 1.29 is 14.6 Å². The van der Waals surface area contributed by atoms with Crippen molar-refractivity contribution >= 4 is 5.97 Å². The van der Waals surface area contributed by atoms with Gasteiger partial charge in [-0.2, -0.15) is 0 Å². The highest BCUT2D eigenvalue weighted by Gasteiger charge is 2.05. The van der Waals surface area contributed by atoms with E-state index in [0.717, 1.165) is 24.0 Å². The molecular formula is C21H26O3. The molecule has 0 saturated carbocycles. The van der Waals surface area contributed by atoms with Crippen molar-refractivity contribution in [2.75, 3.05) is 0 Å². The van der Waals surface area contributed by atoms with Gasteiger partial charge >= 0.3 is 5.97 Å². The average molecular weight is 326 g/mol. The molecule has 2 aromatic rings. The van der Waals surface area contributed by atoms with Crippen molar-refractivity contribution in [2.45, 2.75) is 51.9 Å². The third kappa shape index (κ3) is 6.07. The van der Waals surface area contributed by atoms with Crippen molar-refractivity contribution in [3.05, 3.63) is 48.5 Å². The molecule has 0 unspecified atom stereocenters. The number of unbranched alkanes of at least 4 members (excludes halogenated alkanes) is 5. The Kier molecular flexibility index (Phi) is 7.34. The van der Waals surface area contributed by atoms with E-state index in [2.05, 4.69) is 6.92 Å². The monoisotopic (exact) mass is 326 g/mol. The van der Waals surface area contributed by atoms with Crippen molar-refractivity contribution in [2.24, 2.45) is 0 Å². The summed E-state index contributed by atoms with van der Waals surface area (Å²) in [7, 11) is 0. The van der Waals surface area contributed by atoms with Gasteiger partial charge in [-0.25, -0.2) is 0 Å². The Hall–Kier alpha value is -2.29. The Bertz CT molecular complexity index is 615. The number of hydrogen-bond acceptors (Lipinski definition) is 3. The van der Waals surface area contributed by atoms with E-state index >= 15 is 0 Å². The lowest BCUT2D eigenvalue weighted by molar-refractivity contribution is -0.134. The van der Waals surface area contributed by atoms with Crippen LogP contribution in [0.1, 0.15) is 51.9 Å². The number of benzene rings is 2. The minimum atomic E-state index is -0.164. The van der Waals surface area contributed by atoms with E-state index in [1.165, 1.54) is 25.7 Å². The maximum absolute atomic E-state index is 11.8. The Morgan fingerprint density at radius 1 is 0.833 bits per heavy atom. The SMILES string of the molecule is CCCCCCCCC(=O)Oc1ccc(-c2ccc(O)cc2)cc1. The summed E-state index contributed by atoms with van der Waals surface area (Å²) in [4.78, 5) is 11.8. The summed E-state index contributed by atoms with van der Waals surface area (Å²) in [6.45, 7) is 2.20. The molecule has 0 saturated heterocycles. The van der Waals surface area contributed by atoms with E-state index in [0.29, 0.717) is 12.2 Å². The van der Waals surface area contributed by atoms with E-state index in [-0.39, 0.29) is 11.7 Å². The molecule has 24 heavy (non-hydrogen) atoms. The van der Waals surface area contributed by atoms with E-state index < -0.39 is 0 Å². The number of hydrogen-bond donors (Lipinski definition) is 1. The van der Waals surface area contributed by atoms with Crippen LogP contribution in [0.5, 0.6) is 11.5 Å². The van der Waals surface area contributed by atoms with Gasteiger partial charge in [-0.3, -0.25) is 4.79 Å². The molecule has 0 amide bonds. The number of esters is 1. The summed E-state index contributed by atoms with van der Waals surface area (Å²) in [5.74, 6) is 0.662. The van der Waals surface area contributed by atoms with Crippen LogP contribution >= 0.6 is 0 Å². The van der Waals surface area contributed by atoms with Gasteiger partial charge in [0.1, 0.15) is 11.5 Å². The fraction of sp³-hybridized carbons (Fsp3) is 0.381. The lowest BCUT2D eigenvalue weighted by Crippen LogP contribution is -2.07. The van der Waals surface area contributed by atoms with Gasteiger partial charge < -0.3 is 9.84 Å². The predicted octanol–water partition coefficient (Wildman–Crippen LogP) is 5.72. The van der Waals surface area contributed by atoms with Gasteiger partial charge in [0.15, 0.2) is 0 Å². The normalized spacial score (nSPS) is 10.5. The highest BCUT2D eigenvalue weighted by molar-refractivity contribution is 5.73. The van der Waals surface area contributed by atoms with Gasteiger partial charge in [-0.05, 0) is 41.8 Å². The number of phenolic OH excluding ortho intramolecular Hbond substituents is 1. The third-order valence-electron chi connectivity index (χ3n) is 4.02. The number of ether oxygens (including phenoxy) is 1. The van der Waals surface area contributed by atoms with Crippen LogP contribution in [0.25, 0.3) is 11.1 Å². The highest BCUT2D eigenvalue weighted by Crippen LogP contribution is 2.24. The summed E-state index contributed by atoms with van der Waals surface area (Å²) < 4.78 is 5.37. The maximum atomic E-state index is 11.8. The Balaban J connectivity index is 1.77. The molecule has 128 valence electrons. The second-order valence-corrected chi connectivity index (χ2v) is 6.06. The summed E-state index contributed by atoms with van der Waals surface area (Å²) in [5.41, 5.74) is 2.03. The van der Waals surface area contributed by atoms with Crippen LogP contribution in [0.3, 0.4) is 0 Å². The molecule has 0 aliphatic heterocycles. The Labute approximate surface area is 144 Å². The van der Waals surface area contributed by atoms with Crippen LogP contribution in [0.15, 0.2) is 48.5 Å². The summed E-state index contributed by atoms with van der Waals surface area (Å²) >= 11 is 0. The molecule has 0 fully saturated rings. The highest BCUT2D eigenvalue weighted by atomic mass is 16.5. The molecule has 0 aliphatic carbocycles. The lowest BCUT2D eigenvalue weighted by Gasteiger charge is -2.06. The first-order chi connectivity index (χ1) is 11.7. The molecule has 3 nitrogen and oxygen atoms in total. The minimum absolute atomic E-state index is 0.164. The second kappa shape index (κ2) is 9.76. The van der Waals surface area contributed by atoms with Crippen LogP contribution < -0.4 is 4.74 Å². The van der Waals surface area contributed by atoms with E-state index in [9.17, 15) is 9.90 Å². The quantitative estimate of drug-likeness (QED) is 0.364. The Morgan fingerprint density at radius 3 is 2.00 bits per heavy atom. The van der Waals surface area contributed by atoms with Crippen LogP contribution in [0.4, 0.5) is 0 Å². The topological polar surface area (TPSA) is 46.5 Å². The minimum Gasteiger partial charge on any atom is -0.508 e. The molecule has 0 spiro atoms. The fourth-order valence-electron chi connectivity index (χ4n) is 2.60. The smallest absolute Gasteiger partial charge is 0.311 e. The molecule has 0 aromatic heterocycles. The van der Waals surface area contributed by atoms with Crippen molar-refractivity contribution in [1.82, 2.24) is 0 Å². The van der Waals surface area contributed by atoms with Crippen molar-refractivity contribution in [3.63, 3.8) is 0 Å². The van der Waals surface area contributed by atoms with Gasteiger partial charge in [0.2, 0.25) is 0 Å². The van der Waals surface area contributed by atoms with Gasteiger partial charge in [0.25, 0.3) is 0 Å². The lowest BCUT2D eigenvalue weighted by atomic mass is 10.1. The zero-order chi connectivity index (χ0) is 17.2. The molecule has 3 heteroatoms. The molecule has 0 aliphatic rings. The first-order valence-corrected chi connectivity index (χ1v) is 8.79. The summed E-state index contributed by atoms with van der Waals surface area (Å²) in [6.07, 6.45) is 7.43. The average Bonchev–Trinajstić information content (AvgIpc) is 2.59. The van der Waals surface area contributed by atoms with Gasteiger partial charge in [0, 0.05) is 6.42 Å². The molecule has 2 aromatic carbocycles. The Morgan fingerprint density at radius 2 is 1.38 bits per heavy atom. The number of carbonyl (C=O) groups is 1. The summed E-state index contributed by atoms with van der Waals surface area (Å²) in [6, 6.07) is 14.5. The zero-order valence-corrected chi connectivity index (χ0v) is 14.3. The van der Waals surface area contributed by atoms with Crippen LogP contribution in [0, 0.1) is 0 Å². The molecule has 1 N–H and O–H groups in total. The van der Waals surface area contributed by atoms with Gasteiger partial charge in [-0.15, -0.1) is 0 Å². The van der Waals surface area contributed by atoms with Gasteiger partial charge in [0.05, 0.1) is 0 Å². The number of aromatic hydroxyl groups is 1.